The van der Waals surface area contributed by atoms with Crippen LogP contribution in [0.25, 0.3) is 17.1 Å². The lowest BCUT2D eigenvalue weighted by atomic mass is 9.99. The minimum Gasteiger partial charge on any atom is -0.355 e. The summed E-state index contributed by atoms with van der Waals surface area (Å²) >= 11 is 0. The Morgan fingerprint density at radius 1 is 0.857 bits per heavy atom. The predicted molar refractivity (Wildman–Crippen MR) is 130 cm³/mol. The molecule has 6 rings (SSSR count). The van der Waals surface area contributed by atoms with Gasteiger partial charge < -0.3 is 15.1 Å². The number of hydrogen-bond acceptors (Lipinski definition) is 9. The molecule has 1 amide bonds. The highest BCUT2D eigenvalue weighted by Gasteiger charge is 2.33. The Morgan fingerprint density at radius 2 is 1.66 bits per heavy atom. The van der Waals surface area contributed by atoms with E-state index in [9.17, 15) is 4.79 Å². The number of carbonyl (C=O) groups is 1. The van der Waals surface area contributed by atoms with Crippen molar-refractivity contribution in [2.45, 2.75) is 12.8 Å². The normalized spacial score (nSPS) is 15.8. The van der Waals surface area contributed by atoms with Gasteiger partial charge in [-0.15, -0.1) is 10.2 Å². The molecule has 0 saturated carbocycles. The van der Waals surface area contributed by atoms with Crippen molar-refractivity contribution in [3.8, 4) is 17.1 Å². The third-order valence-corrected chi connectivity index (χ3v) is 6.40. The van der Waals surface area contributed by atoms with E-state index in [4.69, 9.17) is 0 Å². The molecular weight excluding hydrogens is 444 g/mol. The second-order valence-electron chi connectivity index (χ2n) is 8.71. The molecule has 176 valence electrons. The Bertz CT molecular complexity index is 1300. The van der Waals surface area contributed by atoms with Crippen LogP contribution >= 0.6 is 0 Å². The summed E-state index contributed by atoms with van der Waals surface area (Å²) in [5.74, 6) is 2.21. The first-order valence-corrected chi connectivity index (χ1v) is 11.6. The van der Waals surface area contributed by atoms with E-state index in [1.165, 1.54) is 25.5 Å². The fourth-order valence-electron chi connectivity index (χ4n) is 4.36. The number of amides is 1. The van der Waals surface area contributed by atoms with E-state index in [1.54, 1.807) is 11.0 Å². The first-order chi connectivity index (χ1) is 17.2. The Hall–Kier alpha value is -4.41. The third kappa shape index (κ3) is 4.39. The number of hydrogen-bond donors (Lipinski definition) is 1. The predicted octanol–water partition coefficient (Wildman–Crippen LogP) is 2.19. The van der Waals surface area contributed by atoms with E-state index in [0.29, 0.717) is 18.9 Å². The molecule has 11 nitrogen and oxygen atoms in total. The first kappa shape index (κ1) is 21.1. The van der Waals surface area contributed by atoms with Crippen LogP contribution in [0.15, 0.2) is 61.4 Å². The Balaban J connectivity index is 1.04. The van der Waals surface area contributed by atoms with Crippen LogP contribution in [0.5, 0.6) is 0 Å². The molecule has 3 aromatic heterocycles. The maximum atomic E-state index is 12.7. The second kappa shape index (κ2) is 9.09. The van der Waals surface area contributed by atoms with E-state index >= 15 is 0 Å². The van der Waals surface area contributed by atoms with Gasteiger partial charge in [-0.3, -0.25) is 4.79 Å². The molecular formula is C24H24N10O. The Labute approximate surface area is 201 Å². The Morgan fingerprint density at radius 3 is 2.37 bits per heavy atom. The van der Waals surface area contributed by atoms with Gasteiger partial charge in [0.25, 0.3) is 0 Å². The van der Waals surface area contributed by atoms with Crippen LogP contribution in [0.4, 0.5) is 17.3 Å². The molecule has 0 bridgehead atoms. The number of carbonyl (C=O) groups excluding carboxylic acids is 1. The molecule has 4 aromatic rings. The first-order valence-electron chi connectivity index (χ1n) is 11.6. The summed E-state index contributed by atoms with van der Waals surface area (Å²) in [5.41, 5.74) is 2.54. The Kier molecular flexibility index (Phi) is 5.49. The van der Waals surface area contributed by atoms with Crippen molar-refractivity contribution < 1.29 is 4.79 Å². The summed E-state index contributed by atoms with van der Waals surface area (Å²) in [7, 11) is 0. The highest BCUT2D eigenvalue weighted by molar-refractivity contribution is 5.94. The SMILES string of the molecule is O=C(Nc1ccc(-c2ccc(N3CCCC3)nn2)cc1)C1CN(c2cc(-n3cncn3)ncn2)C1. The molecule has 11 heteroatoms. The van der Waals surface area contributed by atoms with Gasteiger partial charge >= 0.3 is 0 Å². The topological polar surface area (TPSA) is 118 Å². The summed E-state index contributed by atoms with van der Waals surface area (Å²) in [5, 5.41) is 15.9. The number of anilines is 3. The molecule has 0 spiro atoms. The van der Waals surface area contributed by atoms with Gasteiger partial charge in [0.05, 0.1) is 11.6 Å². The fourth-order valence-corrected chi connectivity index (χ4v) is 4.36. The van der Waals surface area contributed by atoms with E-state index in [2.05, 4.69) is 40.5 Å². The van der Waals surface area contributed by atoms with Crippen molar-refractivity contribution in [3.05, 3.63) is 61.4 Å². The van der Waals surface area contributed by atoms with Gasteiger partial charge in [-0.2, -0.15) is 5.10 Å². The van der Waals surface area contributed by atoms with Gasteiger partial charge in [-0.1, -0.05) is 12.1 Å². The molecule has 2 fully saturated rings. The lowest BCUT2D eigenvalue weighted by Gasteiger charge is -2.39. The molecule has 0 radical (unpaired) electrons. The largest absolute Gasteiger partial charge is 0.355 e. The molecule has 2 saturated heterocycles. The second-order valence-corrected chi connectivity index (χ2v) is 8.71. The summed E-state index contributed by atoms with van der Waals surface area (Å²) in [6.45, 7) is 3.28. The van der Waals surface area contributed by atoms with Gasteiger partial charge in [-0.25, -0.2) is 19.6 Å². The van der Waals surface area contributed by atoms with Crippen LogP contribution in [0, 0.1) is 5.92 Å². The number of nitrogens with zero attached hydrogens (tertiary/aromatic N) is 9. The molecule has 0 atom stereocenters. The molecule has 2 aliphatic rings. The summed E-state index contributed by atoms with van der Waals surface area (Å²) in [4.78, 5) is 29.5. The highest BCUT2D eigenvalue weighted by atomic mass is 16.2. The van der Waals surface area contributed by atoms with Gasteiger partial charge in [0.15, 0.2) is 11.6 Å². The number of rotatable bonds is 6. The fraction of sp³-hybridized carbons (Fsp3) is 0.292. The van der Waals surface area contributed by atoms with Crippen molar-refractivity contribution in [3.63, 3.8) is 0 Å². The monoisotopic (exact) mass is 468 g/mol. The van der Waals surface area contributed by atoms with Crippen LogP contribution in [0.2, 0.25) is 0 Å². The summed E-state index contributed by atoms with van der Waals surface area (Å²) in [6, 6.07) is 13.6. The van der Waals surface area contributed by atoms with Crippen molar-refractivity contribution >= 4 is 23.2 Å². The van der Waals surface area contributed by atoms with Crippen molar-refractivity contribution in [2.75, 3.05) is 41.3 Å². The molecule has 0 unspecified atom stereocenters. The lowest BCUT2D eigenvalue weighted by molar-refractivity contribution is -0.120. The molecule has 1 N–H and O–H groups in total. The quantitative estimate of drug-likeness (QED) is 0.454. The highest BCUT2D eigenvalue weighted by Crippen LogP contribution is 2.26. The minimum absolute atomic E-state index is 0.00527. The van der Waals surface area contributed by atoms with Crippen LogP contribution in [-0.4, -0.2) is 67.0 Å². The zero-order chi connectivity index (χ0) is 23.6. The van der Waals surface area contributed by atoms with Gasteiger partial charge in [0.2, 0.25) is 5.91 Å². The van der Waals surface area contributed by atoms with E-state index in [1.807, 2.05) is 47.4 Å². The van der Waals surface area contributed by atoms with E-state index in [-0.39, 0.29) is 11.8 Å². The molecule has 5 heterocycles. The average molecular weight is 469 g/mol. The number of benzene rings is 1. The van der Waals surface area contributed by atoms with E-state index in [0.717, 1.165) is 41.7 Å². The molecule has 0 aliphatic carbocycles. The van der Waals surface area contributed by atoms with Crippen LogP contribution in [0.3, 0.4) is 0 Å². The standard InChI is InChI=1S/C24H24N10O/c35-24(18-12-33(13-18)22-11-23(27-15-26-22)34-16-25-14-28-34)29-19-5-3-17(4-6-19)20-7-8-21(31-30-20)32-9-1-2-10-32/h3-8,11,14-16,18H,1-2,9-10,12-13H2,(H,29,35). The zero-order valence-corrected chi connectivity index (χ0v) is 19.0. The summed E-state index contributed by atoms with van der Waals surface area (Å²) in [6.07, 6.45) is 6.95. The van der Waals surface area contributed by atoms with Crippen LogP contribution in [-0.2, 0) is 4.79 Å². The van der Waals surface area contributed by atoms with Crippen molar-refractivity contribution in [2.24, 2.45) is 5.92 Å². The maximum Gasteiger partial charge on any atom is 0.231 e. The van der Waals surface area contributed by atoms with E-state index < -0.39 is 0 Å². The van der Waals surface area contributed by atoms with Crippen LogP contribution < -0.4 is 15.1 Å². The van der Waals surface area contributed by atoms with Gasteiger partial charge in [-0.05, 0) is 37.1 Å². The third-order valence-electron chi connectivity index (χ3n) is 6.40. The maximum absolute atomic E-state index is 12.7. The van der Waals surface area contributed by atoms with Gasteiger partial charge in [0.1, 0.15) is 24.8 Å². The molecule has 35 heavy (non-hydrogen) atoms. The summed E-state index contributed by atoms with van der Waals surface area (Å²) < 4.78 is 1.58. The smallest absolute Gasteiger partial charge is 0.231 e. The number of nitrogens with one attached hydrogen (secondary N) is 1. The van der Waals surface area contributed by atoms with Crippen LogP contribution in [0.1, 0.15) is 12.8 Å². The number of aromatic nitrogens is 7. The molecule has 1 aromatic carbocycles. The lowest BCUT2D eigenvalue weighted by Crippen LogP contribution is -2.52. The van der Waals surface area contributed by atoms with Crippen molar-refractivity contribution in [1.29, 1.82) is 0 Å². The molecule has 2 aliphatic heterocycles. The minimum atomic E-state index is -0.108. The van der Waals surface area contributed by atoms with Crippen molar-refractivity contribution in [1.82, 2.24) is 34.9 Å². The average Bonchev–Trinajstić information content (AvgIpc) is 3.59. The van der Waals surface area contributed by atoms with Gasteiger partial charge in [0, 0.05) is 43.5 Å². The zero-order valence-electron chi connectivity index (χ0n) is 19.0.